The van der Waals surface area contributed by atoms with E-state index in [9.17, 15) is 0 Å². The summed E-state index contributed by atoms with van der Waals surface area (Å²) < 4.78 is 0. The van der Waals surface area contributed by atoms with E-state index in [0.29, 0.717) is 6.54 Å². The Labute approximate surface area is 96.9 Å². The molecule has 0 amide bonds. The summed E-state index contributed by atoms with van der Waals surface area (Å²) in [6, 6.07) is 7.90. The first-order chi connectivity index (χ1) is 6.95. The maximum absolute atomic E-state index is 5.98. The molecule has 1 nitrogen and oxygen atoms in total. The van der Waals surface area contributed by atoms with Crippen LogP contribution in [0, 0.1) is 5.41 Å². The molecule has 0 fully saturated rings. The standard InChI is InChI=1S/C13H18ClN/c1-13(2,3)12(7-8-15)10-5-4-6-11(14)9-10/h4-7,9H,8,15H2,1-3H3/b12-7+. The minimum Gasteiger partial charge on any atom is -0.327 e. The highest BCUT2D eigenvalue weighted by Gasteiger charge is 2.18. The molecule has 0 saturated carbocycles. The first-order valence-electron chi connectivity index (χ1n) is 5.12. The van der Waals surface area contributed by atoms with E-state index in [1.54, 1.807) is 0 Å². The molecule has 0 aliphatic heterocycles. The number of hydrogen-bond donors (Lipinski definition) is 1. The van der Waals surface area contributed by atoms with Gasteiger partial charge in [-0.2, -0.15) is 0 Å². The van der Waals surface area contributed by atoms with Crippen molar-refractivity contribution >= 4 is 17.2 Å². The van der Waals surface area contributed by atoms with Crippen molar-refractivity contribution in [2.45, 2.75) is 20.8 Å². The quantitative estimate of drug-likeness (QED) is 0.813. The van der Waals surface area contributed by atoms with Crippen LogP contribution in [0.2, 0.25) is 5.02 Å². The van der Waals surface area contributed by atoms with Gasteiger partial charge in [-0.15, -0.1) is 0 Å². The first kappa shape index (κ1) is 12.3. The van der Waals surface area contributed by atoms with Crippen LogP contribution in [-0.4, -0.2) is 6.54 Å². The van der Waals surface area contributed by atoms with Crippen LogP contribution in [0.25, 0.3) is 5.57 Å². The number of halogens is 1. The summed E-state index contributed by atoms with van der Waals surface area (Å²) in [6.45, 7) is 7.08. The van der Waals surface area contributed by atoms with Gasteiger partial charge in [0.1, 0.15) is 0 Å². The lowest BCUT2D eigenvalue weighted by molar-refractivity contribution is 0.566. The van der Waals surface area contributed by atoms with Crippen molar-refractivity contribution < 1.29 is 0 Å². The number of allylic oxidation sites excluding steroid dienone is 1. The fourth-order valence-electron chi connectivity index (χ4n) is 1.63. The Hall–Kier alpha value is -0.790. The van der Waals surface area contributed by atoms with Gasteiger partial charge in [0.05, 0.1) is 0 Å². The van der Waals surface area contributed by atoms with Gasteiger partial charge in [-0.1, -0.05) is 50.6 Å². The highest BCUT2D eigenvalue weighted by atomic mass is 35.5. The number of rotatable bonds is 2. The van der Waals surface area contributed by atoms with Gasteiger partial charge >= 0.3 is 0 Å². The molecule has 82 valence electrons. The normalized spacial score (nSPS) is 13.0. The number of hydrogen-bond acceptors (Lipinski definition) is 1. The van der Waals surface area contributed by atoms with Gasteiger partial charge in [0.25, 0.3) is 0 Å². The molecule has 0 atom stereocenters. The Morgan fingerprint density at radius 1 is 1.40 bits per heavy atom. The van der Waals surface area contributed by atoms with Crippen molar-refractivity contribution in [1.29, 1.82) is 0 Å². The third-order valence-electron chi connectivity index (χ3n) is 2.27. The van der Waals surface area contributed by atoms with Crippen LogP contribution in [-0.2, 0) is 0 Å². The van der Waals surface area contributed by atoms with E-state index in [4.69, 9.17) is 17.3 Å². The molecule has 0 radical (unpaired) electrons. The van der Waals surface area contributed by atoms with Gasteiger partial charge in [-0.05, 0) is 28.7 Å². The van der Waals surface area contributed by atoms with Crippen molar-refractivity contribution in [1.82, 2.24) is 0 Å². The van der Waals surface area contributed by atoms with Gasteiger partial charge in [0.15, 0.2) is 0 Å². The second-order valence-electron chi connectivity index (χ2n) is 4.61. The van der Waals surface area contributed by atoms with Crippen LogP contribution in [0.5, 0.6) is 0 Å². The fourth-order valence-corrected chi connectivity index (χ4v) is 1.82. The van der Waals surface area contributed by atoms with Crippen molar-refractivity contribution in [3.05, 3.63) is 40.9 Å². The van der Waals surface area contributed by atoms with E-state index in [0.717, 1.165) is 10.6 Å². The first-order valence-corrected chi connectivity index (χ1v) is 5.49. The van der Waals surface area contributed by atoms with Crippen LogP contribution in [0.15, 0.2) is 30.3 Å². The molecule has 0 bridgehead atoms. The molecule has 1 aromatic carbocycles. The van der Waals surface area contributed by atoms with Crippen LogP contribution in [0.3, 0.4) is 0 Å². The predicted molar refractivity (Wildman–Crippen MR) is 67.9 cm³/mol. The molecule has 0 heterocycles. The van der Waals surface area contributed by atoms with E-state index in [-0.39, 0.29) is 5.41 Å². The third kappa shape index (κ3) is 3.37. The van der Waals surface area contributed by atoms with Crippen molar-refractivity contribution in [2.75, 3.05) is 6.54 Å². The van der Waals surface area contributed by atoms with Crippen LogP contribution in [0.4, 0.5) is 0 Å². The Morgan fingerprint density at radius 3 is 2.53 bits per heavy atom. The molecule has 0 saturated heterocycles. The maximum atomic E-state index is 5.98. The zero-order valence-electron chi connectivity index (χ0n) is 9.55. The Morgan fingerprint density at radius 2 is 2.07 bits per heavy atom. The Bertz CT molecular complexity index is 361. The lowest BCUT2D eigenvalue weighted by atomic mass is 9.82. The lowest BCUT2D eigenvalue weighted by Crippen LogP contribution is -2.10. The molecular weight excluding hydrogens is 206 g/mol. The van der Waals surface area contributed by atoms with Gasteiger partial charge in [0.2, 0.25) is 0 Å². The van der Waals surface area contributed by atoms with Gasteiger partial charge < -0.3 is 5.73 Å². The Kier molecular flexibility index (Phi) is 3.95. The van der Waals surface area contributed by atoms with E-state index in [1.807, 2.05) is 18.2 Å². The molecule has 0 spiro atoms. The summed E-state index contributed by atoms with van der Waals surface area (Å²) in [5.74, 6) is 0. The van der Waals surface area contributed by atoms with Gasteiger partial charge in [-0.25, -0.2) is 0 Å². The van der Waals surface area contributed by atoms with Crippen molar-refractivity contribution in [3.63, 3.8) is 0 Å². The molecular formula is C13H18ClN. The summed E-state index contributed by atoms with van der Waals surface area (Å²) in [5.41, 5.74) is 8.08. The summed E-state index contributed by atoms with van der Waals surface area (Å²) >= 11 is 5.98. The average molecular weight is 224 g/mol. The average Bonchev–Trinajstić information content (AvgIpc) is 2.12. The summed E-state index contributed by atoms with van der Waals surface area (Å²) in [4.78, 5) is 0. The molecule has 2 N–H and O–H groups in total. The minimum atomic E-state index is 0.0874. The summed E-state index contributed by atoms with van der Waals surface area (Å²) in [5, 5.41) is 0.764. The SMILES string of the molecule is CC(C)(C)/C(=C/CN)c1cccc(Cl)c1. The highest BCUT2D eigenvalue weighted by Crippen LogP contribution is 2.34. The second-order valence-corrected chi connectivity index (χ2v) is 5.05. The molecule has 0 aliphatic rings. The van der Waals surface area contributed by atoms with E-state index >= 15 is 0 Å². The van der Waals surface area contributed by atoms with Crippen molar-refractivity contribution in [2.24, 2.45) is 11.1 Å². The molecule has 1 rings (SSSR count). The van der Waals surface area contributed by atoms with Crippen molar-refractivity contribution in [3.8, 4) is 0 Å². The third-order valence-corrected chi connectivity index (χ3v) is 2.50. The lowest BCUT2D eigenvalue weighted by Gasteiger charge is -2.23. The number of benzene rings is 1. The van der Waals surface area contributed by atoms with Gasteiger partial charge in [0, 0.05) is 11.6 Å². The minimum absolute atomic E-state index is 0.0874. The number of nitrogens with two attached hydrogens (primary N) is 1. The van der Waals surface area contributed by atoms with E-state index in [2.05, 4.69) is 32.9 Å². The molecule has 15 heavy (non-hydrogen) atoms. The van der Waals surface area contributed by atoms with Crippen LogP contribution < -0.4 is 5.73 Å². The van der Waals surface area contributed by atoms with E-state index in [1.165, 1.54) is 5.57 Å². The molecule has 0 aromatic heterocycles. The summed E-state index contributed by atoms with van der Waals surface area (Å²) in [7, 11) is 0. The Balaban J connectivity index is 3.17. The molecule has 2 heteroatoms. The van der Waals surface area contributed by atoms with E-state index < -0.39 is 0 Å². The van der Waals surface area contributed by atoms with Crippen LogP contribution >= 0.6 is 11.6 Å². The molecule has 1 aromatic rings. The zero-order chi connectivity index (χ0) is 11.5. The maximum Gasteiger partial charge on any atom is 0.0412 e. The largest absolute Gasteiger partial charge is 0.327 e. The monoisotopic (exact) mass is 223 g/mol. The second kappa shape index (κ2) is 4.82. The summed E-state index contributed by atoms with van der Waals surface area (Å²) in [6.07, 6.45) is 2.06. The molecule has 0 unspecified atom stereocenters. The topological polar surface area (TPSA) is 26.0 Å². The zero-order valence-corrected chi connectivity index (χ0v) is 10.3. The predicted octanol–water partition coefficient (Wildman–Crippen LogP) is 3.73. The fraction of sp³-hybridized carbons (Fsp3) is 0.385. The highest BCUT2D eigenvalue weighted by molar-refractivity contribution is 6.30. The molecule has 0 aliphatic carbocycles. The smallest absolute Gasteiger partial charge is 0.0412 e. The van der Waals surface area contributed by atoms with Crippen LogP contribution in [0.1, 0.15) is 26.3 Å². The van der Waals surface area contributed by atoms with Gasteiger partial charge in [-0.3, -0.25) is 0 Å².